The van der Waals surface area contributed by atoms with E-state index in [1.807, 2.05) is 12.1 Å². The molecular formula is C22H25NO5S. The molecule has 2 atom stereocenters. The molecule has 1 fully saturated rings. The number of thioether (sulfide) groups is 1. The smallest absolute Gasteiger partial charge is 0.330 e. The Morgan fingerprint density at radius 2 is 1.86 bits per heavy atom. The van der Waals surface area contributed by atoms with Gasteiger partial charge in [0, 0.05) is 18.2 Å². The van der Waals surface area contributed by atoms with Gasteiger partial charge in [-0.3, -0.25) is 9.59 Å². The van der Waals surface area contributed by atoms with E-state index in [1.165, 1.54) is 29.8 Å². The first kappa shape index (κ1) is 21.2. The fourth-order valence-corrected chi connectivity index (χ4v) is 4.61. The normalized spacial score (nSPS) is 19.2. The highest BCUT2D eigenvalue weighted by Gasteiger charge is 2.43. The molecule has 154 valence electrons. The zero-order valence-corrected chi connectivity index (χ0v) is 17.8. The van der Waals surface area contributed by atoms with E-state index in [2.05, 4.69) is 20.8 Å². The van der Waals surface area contributed by atoms with Crippen LogP contribution in [0.4, 0.5) is 0 Å². The lowest BCUT2D eigenvalue weighted by molar-refractivity contribution is -0.152. The second kappa shape index (κ2) is 8.45. The quantitative estimate of drug-likeness (QED) is 0.543. The Labute approximate surface area is 174 Å². The number of rotatable bonds is 5. The van der Waals surface area contributed by atoms with Crippen LogP contribution in [0.15, 0.2) is 47.1 Å². The molecule has 1 aromatic carbocycles. The molecule has 2 heterocycles. The number of ketones is 1. The predicted octanol–water partition coefficient (Wildman–Crippen LogP) is 3.97. The third-order valence-corrected chi connectivity index (χ3v) is 6.12. The molecular weight excluding hydrogens is 390 g/mol. The van der Waals surface area contributed by atoms with E-state index in [-0.39, 0.29) is 29.1 Å². The molecule has 7 heteroatoms. The lowest BCUT2D eigenvalue weighted by Gasteiger charge is -2.25. The zero-order valence-electron chi connectivity index (χ0n) is 17.0. The van der Waals surface area contributed by atoms with Gasteiger partial charge in [0.15, 0.2) is 12.4 Å². The van der Waals surface area contributed by atoms with Crippen molar-refractivity contribution in [2.75, 3.05) is 12.4 Å². The number of esters is 1. The highest BCUT2D eigenvalue weighted by Crippen LogP contribution is 2.41. The Bertz CT molecular complexity index is 883. The summed E-state index contributed by atoms with van der Waals surface area (Å²) in [6.07, 6.45) is 1.53. The highest BCUT2D eigenvalue weighted by atomic mass is 32.2. The van der Waals surface area contributed by atoms with E-state index in [0.29, 0.717) is 17.1 Å². The molecule has 0 bridgehead atoms. The predicted molar refractivity (Wildman–Crippen MR) is 111 cm³/mol. The van der Waals surface area contributed by atoms with Crippen molar-refractivity contribution in [2.24, 2.45) is 0 Å². The minimum Gasteiger partial charge on any atom is -0.466 e. The van der Waals surface area contributed by atoms with Crippen molar-refractivity contribution in [1.29, 1.82) is 0 Å². The van der Waals surface area contributed by atoms with Gasteiger partial charge < -0.3 is 14.1 Å². The van der Waals surface area contributed by atoms with Gasteiger partial charge in [-0.2, -0.15) is 0 Å². The van der Waals surface area contributed by atoms with E-state index in [1.54, 1.807) is 24.3 Å². The topological polar surface area (TPSA) is 76.8 Å². The van der Waals surface area contributed by atoms with Crippen LogP contribution >= 0.6 is 11.8 Å². The molecule has 1 aliphatic heterocycles. The molecule has 3 rings (SSSR count). The largest absolute Gasteiger partial charge is 0.466 e. The fourth-order valence-electron chi connectivity index (χ4n) is 3.20. The first-order valence-electron chi connectivity index (χ1n) is 9.43. The van der Waals surface area contributed by atoms with E-state index in [0.717, 1.165) is 5.56 Å². The number of carbonyl (C=O) groups excluding carboxylic acids is 3. The molecule has 1 amide bonds. The number of hydrogen-bond donors (Lipinski definition) is 0. The highest BCUT2D eigenvalue weighted by molar-refractivity contribution is 7.99. The molecule has 0 unspecified atom stereocenters. The fraction of sp³-hybridized carbons (Fsp3) is 0.409. The maximum atomic E-state index is 12.6. The molecule has 29 heavy (non-hydrogen) atoms. The summed E-state index contributed by atoms with van der Waals surface area (Å²) in [6.45, 7) is 7.35. The lowest BCUT2D eigenvalue weighted by atomic mass is 9.86. The summed E-state index contributed by atoms with van der Waals surface area (Å²) in [4.78, 5) is 38.6. The molecule has 1 saturated heterocycles. The molecule has 6 nitrogen and oxygen atoms in total. The van der Waals surface area contributed by atoms with Crippen molar-refractivity contribution in [3.8, 4) is 0 Å². The van der Waals surface area contributed by atoms with Crippen molar-refractivity contribution in [3.63, 3.8) is 0 Å². The Morgan fingerprint density at radius 1 is 1.17 bits per heavy atom. The van der Waals surface area contributed by atoms with Gasteiger partial charge in [-0.15, -0.1) is 11.8 Å². The molecule has 0 radical (unpaired) electrons. The molecule has 2 aromatic rings. The van der Waals surface area contributed by atoms with Gasteiger partial charge >= 0.3 is 5.97 Å². The second-order valence-corrected chi connectivity index (χ2v) is 9.11. The van der Waals surface area contributed by atoms with Crippen LogP contribution in [0.1, 0.15) is 54.8 Å². The van der Waals surface area contributed by atoms with E-state index < -0.39 is 12.0 Å². The van der Waals surface area contributed by atoms with Crippen LogP contribution in [-0.2, 0) is 19.7 Å². The monoisotopic (exact) mass is 415 g/mol. The zero-order chi connectivity index (χ0) is 21.2. The average molecular weight is 416 g/mol. The van der Waals surface area contributed by atoms with Crippen LogP contribution in [-0.4, -0.2) is 41.0 Å². The molecule has 1 aromatic heterocycles. The molecule has 0 saturated carbocycles. The number of benzene rings is 1. The third-order valence-electron chi connectivity index (χ3n) is 4.84. The van der Waals surface area contributed by atoms with Crippen LogP contribution < -0.4 is 0 Å². The van der Waals surface area contributed by atoms with Crippen molar-refractivity contribution in [1.82, 2.24) is 4.90 Å². The van der Waals surface area contributed by atoms with Crippen LogP contribution in [0.3, 0.4) is 0 Å². The minimum atomic E-state index is -0.747. The first-order valence-corrected chi connectivity index (χ1v) is 10.5. The maximum absolute atomic E-state index is 12.6. The summed E-state index contributed by atoms with van der Waals surface area (Å²) in [7, 11) is 0. The van der Waals surface area contributed by atoms with Gasteiger partial charge in [0.05, 0.1) is 6.26 Å². The van der Waals surface area contributed by atoms with Gasteiger partial charge in [0.1, 0.15) is 17.2 Å². The van der Waals surface area contributed by atoms with Gasteiger partial charge in [0.2, 0.25) is 5.91 Å². The minimum absolute atomic E-state index is 0.00509. The SMILES string of the molecule is CC(=O)N1[C@H](C(=O)OCC(=O)c2ccc(C(C)(C)C)cc2)CS[C@H]1c1ccco1. The lowest BCUT2D eigenvalue weighted by Crippen LogP contribution is -2.43. The van der Waals surface area contributed by atoms with Gasteiger partial charge in [0.25, 0.3) is 0 Å². The van der Waals surface area contributed by atoms with Gasteiger partial charge in [-0.1, -0.05) is 45.0 Å². The number of carbonyl (C=O) groups is 3. The van der Waals surface area contributed by atoms with Crippen LogP contribution in [0, 0.1) is 0 Å². The number of nitrogens with zero attached hydrogens (tertiary/aromatic N) is 1. The summed E-state index contributed by atoms with van der Waals surface area (Å²) < 4.78 is 10.7. The number of ether oxygens (including phenoxy) is 1. The summed E-state index contributed by atoms with van der Waals surface area (Å²) in [6, 6.07) is 10.1. The molecule has 0 spiro atoms. The van der Waals surface area contributed by atoms with Crippen molar-refractivity contribution in [2.45, 2.75) is 44.5 Å². The van der Waals surface area contributed by atoms with Gasteiger partial charge in [-0.25, -0.2) is 4.79 Å². The Kier molecular flexibility index (Phi) is 6.17. The summed E-state index contributed by atoms with van der Waals surface area (Å²) in [5.41, 5.74) is 1.60. The standard InChI is InChI=1S/C22H25NO5S/c1-14(24)23-17(13-29-20(23)19-6-5-11-27-19)21(26)28-12-18(25)15-7-9-16(10-8-15)22(2,3)4/h5-11,17,20H,12-13H2,1-4H3/t17-,20-/m0/s1. The number of hydrogen-bond acceptors (Lipinski definition) is 6. The van der Waals surface area contributed by atoms with Crippen LogP contribution in [0.2, 0.25) is 0 Å². The van der Waals surface area contributed by atoms with E-state index in [4.69, 9.17) is 9.15 Å². The summed E-state index contributed by atoms with van der Waals surface area (Å²) in [5.74, 6) is -0.112. The Hall–Kier alpha value is -2.54. The van der Waals surface area contributed by atoms with Crippen molar-refractivity contribution in [3.05, 3.63) is 59.5 Å². The Morgan fingerprint density at radius 3 is 2.41 bits per heavy atom. The number of Topliss-reactive ketones (excluding diaryl/α,β-unsaturated/α-hetero) is 1. The number of amides is 1. The summed E-state index contributed by atoms with van der Waals surface area (Å²) >= 11 is 1.43. The number of furan rings is 1. The maximum Gasteiger partial charge on any atom is 0.330 e. The Balaban J connectivity index is 1.62. The van der Waals surface area contributed by atoms with Crippen molar-refractivity contribution < 1.29 is 23.5 Å². The van der Waals surface area contributed by atoms with Crippen molar-refractivity contribution >= 4 is 29.4 Å². The van der Waals surface area contributed by atoms with Crippen LogP contribution in [0.25, 0.3) is 0 Å². The van der Waals surface area contributed by atoms with Gasteiger partial charge in [-0.05, 0) is 23.1 Å². The second-order valence-electron chi connectivity index (χ2n) is 8.00. The molecule has 0 N–H and O–H groups in total. The first-order chi connectivity index (χ1) is 13.7. The van der Waals surface area contributed by atoms with Crippen LogP contribution in [0.5, 0.6) is 0 Å². The molecule has 1 aliphatic rings. The third kappa shape index (κ3) is 4.72. The van der Waals surface area contributed by atoms with E-state index in [9.17, 15) is 14.4 Å². The summed E-state index contributed by atoms with van der Waals surface area (Å²) in [5, 5.41) is -0.374. The van der Waals surface area contributed by atoms with E-state index >= 15 is 0 Å². The molecule has 0 aliphatic carbocycles. The average Bonchev–Trinajstić information content (AvgIpc) is 3.34.